The summed E-state index contributed by atoms with van der Waals surface area (Å²) >= 11 is 0. The molecular formula is C21H35IN4O3. The number of pyridine rings is 1. The van der Waals surface area contributed by atoms with E-state index >= 15 is 0 Å². The number of nitrogens with one attached hydrogen (secondary N) is 1. The molecule has 0 radical (unpaired) electrons. The first-order valence-corrected chi connectivity index (χ1v) is 10.5. The van der Waals surface area contributed by atoms with Gasteiger partial charge in [-0.1, -0.05) is 19.4 Å². The normalized spacial score (nSPS) is 14.9. The fraction of sp³-hybridized carbons (Fsp3) is 0.667. The van der Waals surface area contributed by atoms with Crippen LogP contribution in [0.2, 0.25) is 0 Å². The van der Waals surface area contributed by atoms with Gasteiger partial charge in [0.05, 0.1) is 25.7 Å². The summed E-state index contributed by atoms with van der Waals surface area (Å²) in [6, 6.07) is 3.92. The Labute approximate surface area is 191 Å². The maximum atomic E-state index is 11.9. The molecule has 0 saturated carbocycles. The molecule has 0 amide bonds. The number of ether oxygens (including phenoxy) is 2. The van der Waals surface area contributed by atoms with E-state index in [1.807, 2.05) is 19.1 Å². The molecule has 29 heavy (non-hydrogen) atoms. The van der Waals surface area contributed by atoms with Gasteiger partial charge in [-0.15, -0.1) is 24.0 Å². The van der Waals surface area contributed by atoms with Crippen molar-refractivity contribution in [3.8, 4) is 5.88 Å². The number of hydrogen-bond donors (Lipinski definition) is 1. The summed E-state index contributed by atoms with van der Waals surface area (Å²) in [5.74, 6) is 1.45. The average molecular weight is 518 g/mol. The summed E-state index contributed by atoms with van der Waals surface area (Å²) in [7, 11) is 0. The molecule has 7 nitrogen and oxygen atoms in total. The first-order chi connectivity index (χ1) is 13.7. The fourth-order valence-corrected chi connectivity index (χ4v) is 3.16. The number of likely N-dealkylation sites (tertiary alicyclic amines) is 1. The van der Waals surface area contributed by atoms with Gasteiger partial charge in [0.2, 0.25) is 5.88 Å². The summed E-state index contributed by atoms with van der Waals surface area (Å²) in [5, 5.41) is 3.36. The monoisotopic (exact) mass is 518 g/mol. The lowest BCUT2D eigenvalue weighted by Gasteiger charge is -2.33. The maximum absolute atomic E-state index is 11.9. The number of esters is 1. The molecule has 0 aliphatic carbocycles. The highest BCUT2D eigenvalue weighted by molar-refractivity contribution is 14.0. The zero-order valence-electron chi connectivity index (χ0n) is 17.9. The first kappa shape index (κ1) is 25.5. The molecule has 0 unspecified atom stereocenters. The van der Waals surface area contributed by atoms with E-state index < -0.39 is 0 Å². The van der Waals surface area contributed by atoms with Crippen molar-refractivity contribution in [1.29, 1.82) is 0 Å². The molecule has 1 aromatic rings. The van der Waals surface area contributed by atoms with Crippen LogP contribution in [0.15, 0.2) is 23.3 Å². The van der Waals surface area contributed by atoms with Crippen LogP contribution in [0.25, 0.3) is 0 Å². The molecule has 2 rings (SSSR count). The highest BCUT2D eigenvalue weighted by Gasteiger charge is 2.27. The lowest BCUT2D eigenvalue weighted by atomic mass is 9.97. The second kappa shape index (κ2) is 14.4. The van der Waals surface area contributed by atoms with Gasteiger partial charge in [0, 0.05) is 31.4 Å². The van der Waals surface area contributed by atoms with Crippen LogP contribution in [0.4, 0.5) is 0 Å². The number of unbranched alkanes of at least 4 members (excludes halogenated alkanes) is 1. The van der Waals surface area contributed by atoms with Gasteiger partial charge < -0.3 is 19.7 Å². The molecule has 2 heterocycles. The van der Waals surface area contributed by atoms with E-state index in [9.17, 15) is 4.79 Å². The lowest BCUT2D eigenvalue weighted by Crippen LogP contribution is -2.46. The molecule has 1 aromatic heterocycles. The van der Waals surface area contributed by atoms with Crippen molar-refractivity contribution >= 4 is 35.9 Å². The van der Waals surface area contributed by atoms with Gasteiger partial charge in [0.1, 0.15) is 0 Å². The number of aliphatic imine (C=N–C) groups is 1. The summed E-state index contributed by atoms with van der Waals surface area (Å²) in [6.45, 7) is 10.1. The quantitative estimate of drug-likeness (QED) is 0.177. The molecule has 0 aromatic carbocycles. The van der Waals surface area contributed by atoms with E-state index in [0.717, 1.165) is 56.8 Å². The third-order valence-electron chi connectivity index (χ3n) is 4.74. The zero-order chi connectivity index (χ0) is 20.2. The summed E-state index contributed by atoms with van der Waals surface area (Å²) in [6.07, 6.45) is 5.44. The highest BCUT2D eigenvalue weighted by atomic mass is 127. The zero-order valence-corrected chi connectivity index (χ0v) is 20.2. The van der Waals surface area contributed by atoms with Crippen molar-refractivity contribution in [2.24, 2.45) is 10.9 Å². The van der Waals surface area contributed by atoms with E-state index in [0.29, 0.717) is 25.6 Å². The number of hydrogen-bond acceptors (Lipinski definition) is 5. The van der Waals surface area contributed by atoms with Crippen molar-refractivity contribution in [2.45, 2.75) is 53.0 Å². The largest absolute Gasteiger partial charge is 0.477 e. The Kier molecular flexibility index (Phi) is 12.6. The molecular weight excluding hydrogens is 483 g/mol. The molecule has 1 aliphatic rings. The Morgan fingerprint density at radius 3 is 2.72 bits per heavy atom. The number of piperidine rings is 1. The van der Waals surface area contributed by atoms with Crippen LogP contribution in [0.5, 0.6) is 5.88 Å². The molecule has 1 saturated heterocycles. The van der Waals surface area contributed by atoms with Gasteiger partial charge in [-0.25, -0.2) is 9.98 Å². The van der Waals surface area contributed by atoms with Gasteiger partial charge in [0.25, 0.3) is 0 Å². The Balaban J connectivity index is 0.00000420. The maximum Gasteiger partial charge on any atom is 0.309 e. The Bertz CT molecular complexity index is 634. The molecule has 1 N–H and O–H groups in total. The number of aromatic nitrogens is 1. The third kappa shape index (κ3) is 8.36. The standard InChI is InChI=1S/C21H34N4O3.HI/c1-4-7-15-28-19-18(9-8-12-23-19)16-24-21(22-5-2)25-13-10-17(11-14-25)20(26)27-6-3;/h8-9,12,17H,4-7,10-11,13-16H2,1-3H3,(H,22,24);1H. The minimum atomic E-state index is -0.0756. The first-order valence-electron chi connectivity index (χ1n) is 10.5. The molecule has 1 fully saturated rings. The smallest absolute Gasteiger partial charge is 0.309 e. The Morgan fingerprint density at radius 1 is 1.31 bits per heavy atom. The molecule has 1 aliphatic heterocycles. The van der Waals surface area contributed by atoms with E-state index in [4.69, 9.17) is 14.5 Å². The summed E-state index contributed by atoms with van der Waals surface area (Å²) < 4.78 is 11.0. The molecule has 164 valence electrons. The number of carbonyl (C=O) groups excluding carboxylic acids is 1. The van der Waals surface area contributed by atoms with Gasteiger partial charge in [-0.2, -0.15) is 0 Å². The molecule has 0 bridgehead atoms. The van der Waals surface area contributed by atoms with Gasteiger partial charge in [0.15, 0.2) is 5.96 Å². The van der Waals surface area contributed by atoms with E-state index in [2.05, 4.69) is 29.0 Å². The van der Waals surface area contributed by atoms with Crippen LogP contribution in [-0.4, -0.2) is 54.7 Å². The van der Waals surface area contributed by atoms with Crippen LogP contribution < -0.4 is 10.1 Å². The summed E-state index contributed by atoms with van der Waals surface area (Å²) in [4.78, 5) is 23.3. The van der Waals surface area contributed by atoms with Crippen LogP contribution in [0.1, 0.15) is 52.0 Å². The van der Waals surface area contributed by atoms with Crippen molar-refractivity contribution in [1.82, 2.24) is 15.2 Å². The number of carbonyl (C=O) groups is 1. The van der Waals surface area contributed by atoms with Crippen LogP contribution in [0.3, 0.4) is 0 Å². The number of nitrogens with zero attached hydrogens (tertiary/aromatic N) is 3. The van der Waals surface area contributed by atoms with Crippen molar-refractivity contribution < 1.29 is 14.3 Å². The lowest BCUT2D eigenvalue weighted by molar-refractivity contribution is -0.149. The van der Waals surface area contributed by atoms with Crippen molar-refractivity contribution in [3.05, 3.63) is 23.9 Å². The van der Waals surface area contributed by atoms with Gasteiger partial charge >= 0.3 is 5.97 Å². The average Bonchev–Trinajstić information content (AvgIpc) is 2.72. The molecule has 0 atom stereocenters. The highest BCUT2D eigenvalue weighted by Crippen LogP contribution is 2.20. The predicted octanol–water partition coefficient (Wildman–Crippen LogP) is 3.62. The van der Waals surface area contributed by atoms with E-state index in [1.165, 1.54) is 0 Å². The molecule has 8 heteroatoms. The minimum absolute atomic E-state index is 0. The fourth-order valence-electron chi connectivity index (χ4n) is 3.16. The predicted molar refractivity (Wildman–Crippen MR) is 126 cm³/mol. The summed E-state index contributed by atoms with van der Waals surface area (Å²) in [5.41, 5.74) is 0.982. The second-order valence-electron chi connectivity index (χ2n) is 6.85. The van der Waals surface area contributed by atoms with Crippen molar-refractivity contribution in [2.75, 3.05) is 32.8 Å². The topological polar surface area (TPSA) is 76.1 Å². The SMILES string of the molecule is CCCCOc1ncccc1CN=C(NCC)N1CCC(C(=O)OCC)CC1.I. The van der Waals surface area contributed by atoms with Crippen LogP contribution >= 0.6 is 24.0 Å². The van der Waals surface area contributed by atoms with E-state index in [1.54, 1.807) is 6.20 Å². The third-order valence-corrected chi connectivity index (χ3v) is 4.74. The van der Waals surface area contributed by atoms with Gasteiger partial charge in [-0.05, 0) is 39.2 Å². The Hall–Kier alpha value is -1.58. The number of guanidine groups is 1. The van der Waals surface area contributed by atoms with E-state index in [-0.39, 0.29) is 35.9 Å². The van der Waals surface area contributed by atoms with Gasteiger partial charge in [-0.3, -0.25) is 4.79 Å². The number of rotatable bonds is 9. The van der Waals surface area contributed by atoms with Crippen molar-refractivity contribution in [3.63, 3.8) is 0 Å². The second-order valence-corrected chi connectivity index (χ2v) is 6.85. The molecule has 0 spiro atoms. The van der Waals surface area contributed by atoms with Crippen LogP contribution in [-0.2, 0) is 16.1 Å². The Morgan fingerprint density at radius 2 is 2.07 bits per heavy atom. The van der Waals surface area contributed by atoms with Crippen LogP contribution in [0, 0.1) is 5.92 Å². The minimum Gasteiger partial charge on any atom is -0.477 e. The number of halogens is 1.